The summed E-state index contributed by atoms with van der Waals surface area (Å²) in [4.78, 5) is 40.4. The molecule has 4 rings (SSSR count). The fourth-order valence-electron chi connectivity index (χ4n) is 7.78. The number of amides is 2. The molecule has 0 aromatic heterocycles. The van der Waals surface area contributed by atoms with Crippen molar-refractivity contribution in [1.29, 1.82) is 0 Å². The van der Waals surface area contributed by atoms with Gasteiger partial charge in [-0.3, -0.25) is 4.79 Å². The third kappa shape index (κ3) is 13.6. The van der Waals surface area contributed by atoms with Crippen LogP contribution in [0.15, 0.2) is 0 Å². The number of nitrogens with zero attached hydrogens (tertiary/aromatic N) is 2. The van der Waals surface area contributed by atoms with Gasteiger partial charge in [0.2, 0.25) is 0 Å². The largest absolute Gasteiger partial charge is 0.462 e. The van der Waals surface area contributed by atoms with Crippen molar-refractivity contribution in [2.45, 2.75) is 193 Å². The van der Waals surface area contributed by atoms with E-state index in [0.717, 1.165) is 32.1 Å². The van der Waals surface area contributed by atoms with Gasteiger partial charge in [0.15, 0.2) is 0 Å². The van der Waals surface area contributed by atoms with Crippen molar-refractivity contribution in [3.05, 3.63) is 0 Å². The van der Waals surface area contributed by atoms with Crippen molar-refractivity contribution in [3.63, 3.8) is 0 Å². The number of piperidine rings is 2. The molecule has 2 spiro atoms. The highest BCUT2D eigenvalue weighted by Gasteiger charge is 2.52. The van der Waals surface area contributed by atoms with Crippen LogP contribution in [0.3, 0.4) is 0 Å². The Bertz CT molecular complexity index is 1380. The zero-order chi connectivity index (χ0) is 41.9. The highest BCUT2D eigenvalue weighted by atomic mass is 32.2. The highest BCUT2D eigenvalue weighted by molar-refractivity contribution is 7.84. The second-order valence-corrected chi connectivity index (χ2v) is 24.5. The van der Waals surface area contributed by atoms with E-state index < -0.39 is 33.2 Å². The highest BCUT2D eigenvalue weighted by Crippen LogP contribution is 2.49. The number of esters is 1. The number of rotatable bonds is 6. The molecule has 0 unspecified atom stereocenters. The van der Waals surface area contributed by atoms with Gasteiger partial charge in [0, 0.05) is 44.7 Å². The van der Waals surface area contributed by atoms with Crippen molar-refractivity contribution in [2.75, 3.05) is 26.2 Å². The minimum absolute atomic E-state index is 0.0170. The fraction of sp³-hybridized carbons (Fsp3) is 0.925. The SMILES string of the molecule is CC(C)(C)OC(=O)N1CCC2(CC1)C[C@@H](O)C[C@H]2N[S@](=O)C(C)(C)C.CC(C)C(=O)O[C@@H]1C[C@@H](N[S@](=O)C(C)(C)C)C2(CCN(C(=O)OC(C)(C)C)CC2)C1. The maximum atomic E-state index is 12.8. The van der Waals surface area contributed by atoms with Crippen molar-refractivity contribution in [3.8, 4) is 0 Å². The molecule has 2 aliphatic carbocycles. The summed E-state index contributed by atoms with van der Waals surface area (Å²) < 4.78 is 48.0. The van der Waals surface area contributed by atoms with Crippen LogP contribution in [0.2, 0.25) is 0 Å². The fourth-order valence-corrected chi connectivity index (χ4v) is 9.70. The van der Waals surface area contributed by atoms with Crippen molar-refractivity contribution < 1.29 is 42.1 Å². The lowest BCUT2D eigenvalue weighted by molar-refractivity contribution is -0.153. The lowest BCUT2D eigenvalue weighted by Gasteiger charge is -2.43. The van der Waals surface area contributed by atoms with Crippen molar-refractivity contribution >= 4 is 40.1 Å². The minimum atomic E-state index is -1.22. The second kappa shape index (κ2) is 18.0. The summed E-state index contributed by atoms with van der Waals surface area (Å²) in [6.07, 6.45) is 4.68. The molecule has 320 valence electrons. The average Bonchev–Trinajstić information content (AvgIpc) is 3.49. The molecule has 3 N–H and O–H groups in total. The first-order valence-corrected chi connectivity index (χ1v) is 22.5. The van der Waals surface area contributed by atoms with Crippen LogP contribution in [-0.2, 0) is 41.0 Å². The molecule has 0 radical (unpaired) electrons. The molecule has 13 nitrogen and oxygen atoms in total. The predicted molar refractivity (Wildman–Crippen MR) is 218 cm³/mol. The maximum Gasteiger partial charge on any atom is 0.410 e. The molecule has 2 aliphatic heterocycles. The monoisotopic (exact) mass is 818 g/mol. The van der Waals surface area contributed by atoms with Crippen LogP contribution in [0.4, 0.5) is 9.59 Å². The van der Waals surface area contributed by atoms with Gasteiger partial charge in [-0.1, -0.05) is 13.8 Å². The summed E-state index contributed by atoms with van der Waals surface area (Å²) in [5.74, 6) is -0.371. The molecule has 6 atom stereocenters. The van der Waals surface area contributed by atoms with Gasteiger partial charge in [-0.2, -0.15) is 0 Å². The molecule has 4 aliphatic rings. The van der Waals surface area contributed by atoms with Gasteiger partial charge in [0.25, 0.3) is 0 Å². The van der Waals surface area contributed by atoms with Gasteiger partial charge >= 0.3 is 18.2 Å². The molecule has 2 saturated heterocycles. The molecule has 0 aromatic rings. The number of aliphatic hydroxyl groups excluding tert-OH is 1. The quantitative estimate of drug-likeness (QED) is 0.204. The predicted octanol–water partition coefficient (Wildman–Crippen LogP) is 6.36. The summed E-state index contributed by atoms with van der Waals surface area (Å²) in [5, 5.41) is 10.2. The molecule has 15 heteroatoms. The van der Waals surface area contributed by atoms with E-state index in [1.54, 1.807) is 9.80 Å². The van der Waals surface area contributed by atoms with Crippen LogP contribution in [0, 0.1) is 16.7 Å². The van der Waals surface area contributed by atoms with Crippen molar-refractivity contribution in [2.24, 2.45) is 16.7 Å². The first kappa shape index (κ1) is 47.6. The summed E-state index contributed by atoms with van der Waals surface area (Å²) in [7, 11) is -2.38. The van der Waals surface area contributed by atoms with Crippen LogP contribution in [0.5, 0.6) is 0 Å². The van der Waals surface area contributed by atoms with Gasteiger partial charge in [-0.15, -0.1) is 0 Å². The molecular formula is C40H74N4O9S2. The summed E-state index contributed by atoms with van der Waals surface area (Å²) in [6, 6.07) is -0.00773. The first-order valence-electron chi connectivity index (χ1n) is 20.2. The van der Waals surface area contributed by atoms with Crippen LogP contribution in [0.25, 0.3) is 0 Å². The van der Waals surface area contributed by atoms with Crippen LogP contribution < -0.4 is 9.44 Å². The molecule has 2 heterocycles. The van der Waals surface area contributed by atoms with E-state index in [9.17, 15) is 27.9 Å². The number of hydrogen-bond donors (Lipinski definition) is 3. The molecule has 0 bridgehead atoms. The Kier molecular flexibility index (Phi) is 15.6. The first-order chi connectivity index (χ1) is 25.0. The molecule has 4 fully saturated rings. The zero-order valence-electron chi connectivity index (χ0n) is 36.3. The Hall–Kier alpha value is -1.81. The van der Waals surface area contributed by atoms with E-state index in [-0.39, 0.29) is 68.7 Å². The lowest BCUT2D eigenvalue weighted by Crippen LogP contribution is -2.52. The van der Waals surface area contributed by atoms with Gasteiger partial charge in [0.1, 0.15) is 17.3 Å². The number of ether oxygens (including phenoxy) is 3. The lowest BCUT2D eigenvalue weighted by atomic mass is 9.74. The molecule has 0 aromatic carbocycles. The summed E-state index contributed by atoms with van der Waals surface area (Å²) in [5.41, 5.74) is -1.27. The maximum absolute atomic E-state index is 12.8. The Morgan fingerprint density at radius 1 is 0.655 bits per heavy atom. The van der Waals surface area contributed by atoms with Crippen LogP contribution in [0.1, 0.15) is 148 Å². The van der Waals surface area contributed by atoms with Gasteiger partial charge in [-0.05, 0) is 139 Å². The molecule has 2 saturated carbocycles. The molecule has 2 amide bonds. The Labute approximate surface area is 336 Å². The second-order valence-electron chi connectivity index (χ2n) is 20.5. The number of aliphatic hydroxyl groups is 1. The van der Waals surface area contributed by atoms with E-state index in [0.29, 0.717) is 45.4 Å². The van der Waals surface area contributed by atoms with E-state index in [1.165, 1.54) is 0 Å². The topological polar surface area (TPSA) is 164 Å². The number of likely N-dealkylation sites (tertiary alicyclic amines) is 2. The summed E-state index contributed by atoms with van der Waals surface area (Å²) in [6.45, 7) is 28.9. The smallest absolute Gasteiger partial charge is 0.410 e. The number of carbonyl (C=O) groups is 3. The molecule has 55 heavy (non-hydrogen) atoms. The van der Waals surface area contributed by atoms with E-state index in [2.05, 4.69) is 9.44 Å². The molecular weight excluding hydrogens is 745 g/mol. The Balaban J connectivity index is 0.000000300. The van der Waals surface area contributed by atoms with E-state index in [1.807, 2.05) is 96.9 Å². The summed E-state index contributed by atoms with van der Waals surface area (Å²) >= 11 is 0. The van der Waals surface area contributed by atoms with Crippen LogP contribution >= 0.6 is 0 Å². The van der Waals surface area contributed by atoms with E-state index >= 15 is 0 Å². The van der Waals surface area contributed by atoms with Crippen LogP contribution in [-0.4, -0.2) is 113 Å². The Morgan fingerprint density at radius 2 is 1.02 bits per heavy atom. The van der Waals surface area contributed by atoms with Crippen molar-refractivity contribution in [1.82, 2.24) is 19.2 Å². The van der Waals surface area contributed by atoms with Gasteiger partial charge in [0.05, 0.1) is 43.5 Å². The number of hydrogen-bond acceptors (Lipinski definition) is 9. The normalized spacial score (nSPS) is 26.7. The standard InChI is InChI=1S/C22H40N2O5S.C18H34N2O4S/c1-15(2)18(25)28-16-13-17(23-30(27)21(6,7)8)22(14-16)9-11-24(12-10-22)19(26)29-20(3,4)5;1-16(2,3)24-15(22)20-9-7-18(8-10-20)12-13(21)11-14(18)19-25(23)17(4,5)6/h15-17,23H,9-14H2,1-8H3;13-14,19,21H,7-12H2,1-6H3/t16-,17-,30-;13-,14+,25+/m10/s1. The van der Waals surface area contributed by atoms with E-state index in [4.69, 9.17) is 14.2 Å². The Morgan fingerprint density at radius 3 is 1.36 bits per heavy atom. The third-order valence-electron chi connectivity index (χ3n) is 10.9. The third-order valence-corrected chi connectivity index (χ3v) is 14.2. The minimum Gasteiger partial charge on any atom is -0.462 e. The van der Waals surface area contributed by atoms with Gasteiger partial charge < -0.3 is 29.1 Å². The average molecular weight is 819 g/mol. The van der Waals surface area contributed by atoms with Gasteiger partial charge in [-0.25, -0.2) is 27.5 Å². The zero-order valence-corrected chi connectivity index (χ0v) is 37.9. The number of carbonyl (C=O) groups excluding carboxylic acids is 3. The number of nitrogens with one attached hydrogen (secondary N) is 2.